The van der Waals surface area contributed by atoms with E-state index in [1.165, 1.54) is 6.20 Å². The molecule has 0 fully saturated rings. The lowest BCUT2D eigenvalue weighted by molar-refractivity contribution is 0.0947. The molecule has 0 spiro atoms. The Balaban J connectivity index is 1.28. The molecule has 0 unspecified atom stereocenters. The van der Waals surface area contributed by atoms with Crippen LogP contribution in [-0.2, 0) is 6.42 Å². The smallest absolute Gasteiger partial charge is 0.259 e. The van der Waals surface area contributed by atoms with Gasteiger partial charge in [0, 0.05) is 12.0 Å². The van der Waals surface area contributed by atoms with Gasteiger partial charge in [0.05, 0.1) is 23.6 Å². The first-order chi connectivity index (χ1) is 14.9. The monoisotopic (exact) mass is 418 g/mol. The molecule has 0 radical (unpaired) electrons. The van der Waals surface area contributed by atoms with Crippen LogP contribution in [0.1, 0.15) is 29.8 Å². The number of nitrogens with one attached hydrogen (secondary N) is 2. The standard InChI is InChI=1S/C23H22N4O4/c1-23(2)12-14-6-5-9-18(19(14)31-23)30-11-10-24-21(28)16-13-25-27-17-8-4-3-7-15(17)22(29)26-20(16)27/h3-9,13H,10-12H2,1-2H3,(H,24,28)(H,26,29). The van der Waals surface area contributed by atoms with Crippen LogP contribution in [0, 0.1) is 0 Å². The van der Waals surface area contributed by atoms with Crippen LogP contribution in [0.4, 0.5) is 0 Å². The number of hydrogen-bond donors (Lipinski definition) is 2. The van der Waals surface area contributed by atoms with Gasteiger partial charge in [-0.1, -0.05) is 24.3 Å². The Morgan fingerprint density at radius 1 is 1.26 bits per heavy atom. The van der Waals surface area contributed by atoms with Crippen LogP contribution in [0.3, 0.4) is 0 Å². The van der Waals surface area contributed by atoms with E-state index in [-0.39, 0.29) is 23.7 Å². The van der Waals surface area contributed by atoms with Gasteiger partial charge in [-0.05, 0) is 32.0 Å². The molecule has 0 aliphatic carbocycles. The van der Waals surface area contributed by atoms with Crippen LogP contribution in [-0.4, -0.2) is 39.3 Å². The van der Waals surface area contributed by atoms with Crippen molar-refractivity contribution in [3.05, 3.63) is 70.1 Å². The maximum absolute atomic E-state index is 12.7. The highest BCUT2D eigenvalue weighted by Gasteiger charge is 2.32. The highest BCUT2D eigenvalue weighted by Crippen LogP contribution is 2.41. The van der Waals surface area contributed by atoms with E-state index in [0.717, 1.165) is 17.7 Å². The number of aromatic nitrogens is 3. The summed E-state index contributed by atoms with van der Waals surface area (Å²) in [5.41, 5.74) is 1.91. The third kappa shape index (κ3) is 3.39. The lowest BCUT2D eigenvalue weighted by Crippen LogP contribution is -2.28. The number of fused-ring (bicyclic) bond motifs is 4. The summed E-state index contributed by atoms with van der Waals surface area (Å²) >= 11 is 0. The zero-order chi connectivity index (χ0) is 21.6. The SMILES string of the molecule is CC1(C)Cc2cccc(OCCNC(=O)c3cnn4c3[nH]c(=O)c3ccccc34)c2O1. The summed E-state index contributed by atoms with van der Waals surface area (Å²) in [7, 11) is 0. The second-order valence-electron chi connectivity index (χ2n) is 8.18. The van der Waals surface area contributed by atoms with Crippen molar-refractivity contribution in [3.63, 3.8) is 0 Å². The van der Waals surface area contributed by atoms with E-state index in [2.05, 4.69) is 15.4 Å². The number of para-hydroxylation sites is 2. The zero-order valence-electron chi connectivity index (χ0n) is 17.3. The van der Waals surface area contributed by atoms with Gasteiger partial charge in [-0.15, -0.1) is 0 Å². The summed E-state index contributed by atoms with van der Waals surface area (Å²) in [5, 5.41) is 7.61. The first-order valence-electron chi connectivity index (χ1n) is 10.1. The van der Waals surface area contributed by atoms with E-state index in [9.17, 15) is 9.59 Å². The maximum atomic E-state index is 12.7. The van der Waals surface area contributed by atoms with Gasteiger partial charge in [0.2, 0.25) is 0 Å². The van der Waals surface area contributed by atoms with Crippen molar-refractivity contribution >= 4 is 22.5 Å². The van der Waals surface area contributed by atoms with Crippen LogP contribution < -0.4 is 20.3 Å². The zero-order valence-corrected chi connectivity index (χ0v) is 17.3. The highest BCUT2D eigenvalue weighted by atomic mass is 16.5. The van der Waals surface area contributed by atoms with Gasteiger partial charge in [-0.2, -0.15) is 5.10 Å². The fourth-order valence-electron chi connectivity index (χ4n) is 3.96. The topological polar surface area (TPSA) is 97.7 Å². The van der Waals surface area contributed by atoms with Crippen LogP contribution in [0.2, 0.25) is 0 Å². The number of benzene rings is 2. The Kier molecular flexibility index (Phi) is 4.43. The van der Waals surface area contributed by atoms with Crippen molar-refractivity contribution in [2.45, 2.75) is 25.9 Å². The lowest BCUT2D eigenvalue weighted by atomic mass is 10.0. The number of H-pyrrole nitrogens is 1. The lowest BCUT2D eigenvalue weighted by Gasteiger charge is -2.18. The number of carbonyl (C=O) groups is 1. The number of rotatable bonds is 5. The van der Waals surface area contributed by atoms with E-state index in [1.54, 1.807) is 22.7 Å². The molecule has 1 aliphatic rings. The summed E-state index contributed by atoms with van der Waals surface area (Å²) < 4.78 is 13.4. The predicted octanol–water partition coefficient (Wildman–Crippen LogP) is 2.70. The number of ether oxygens (including phenoxy) is 2. The van der Waals surface area contributed by atoms with Gasteiger partial charge < -0.3 is 19.8 Å². The molecule has 158 valence electrons. The average Bonchev–Trinajstić information content (AvgIpc) is 3.31. The normalized spacial score (nSPS) is 14.4. The van der Waals surface area contributed by atoms with E-state index >= 15 is 0 Å². The summed E-state index contributed by atoms with van der Waals surface area (Å²) in [6.45, 7) is 4.66. The van der Waals surface area contributed by atoms with E-state index < -0.39 is 0 Å². The largest absolute Gasteiger partial charge is 0.488 e. The van der Waals surface area contributed by atoms with Crippen molar-refractivity contribution in [2.75, 3.05) is 13.2 Å². The fraction of sp³-hybridized carbons (Fsp3) is 0.261. The molecule has 8 nitrogen and oxygen atoms in total. The summed E-state index contributed by atoms with van der Waals surface area (Å²) in [6, 6.07) is 13.0. The van der Waals surface area contributed by atoms with Crippen LogP contribution >= 0.6 is 0 Å². The number of nitrogens with zero attached hydrogens (tertiary/aromatic N) is 2. The summed E-state index contributed by atoms with van der Waals surface area (Å²) in [6.07, 6.45) is 2.28. The molecular weight excluding hydrogens is 396 g/mol. The van der Waals surface area contributed by atoms with E-state index in [1.807, 2.05) is 38.1 Å². The molecule has 4 aromatic rings. The molecule has 0 saturated heterocycles. The number of hydrogen-bond acceptors (Lipinski definition) is 5. The Morgan fingerprint density at radius 2 is 2.10 bits per heavy atom. The number of aromatic amines is 1. The van der Waals surface area contributed by atoms with E-state index in [4.69, 9.17) is 9.47 Å². The van der Waals surface area contributed by atoms with Crippen molar-refractivity contribution in [1.82, 2.24) is 19.9 Å². The second kappa shape index (κ2) is 7.16. The maximum Gasteiger partial charge on any atom is 0.259 e. The molecule has 2 aromatic heterocycles. The minimum absolute atomic E-state index is 0.249. The minimum atomic E-state index is -0.333. The third-order valence-electron chi connectivity index (χ3n) is 5.32. The van der Waals surface area contributed by atoms with Crippen molar-refractivity contribution in [1.29, 1.82) is 0 Å². The molecule has 31 heavy (non-hydrogen) atoms. The van der Waals surface area contributed by atoms with Gasteiger partial charge in [0.25, 0.3) is 11.5 Å². The molecule has 0 atom stereocenters. The Hall–Kier alpha value is -3.81. The van der Waals surface area contributed by atoms with Gasteiger partial charge in [-0.3, -0.25) is 9.59 Å². The Labute approximate surface area is 177 Å². The van der Waals surface area contributed by atoms with Crippen molar-refractivity contribution in [2.24, 2.45) is 0 Å². The van der Waals surface area contributed by atoms with E-state index in [0.29, 0.717) is 34.4 Å². The summed E-state index contributed by atoms with van der Waals surface area (Å²) in [4.78, 5) is 27.8. The molecule has 0 bridgehead atoms. The molecule has 2 N–H and O–H groups in total. The molecular formula is C23H22N4O4. The Morgan fingerprint density at radius 3 is 2.97 bits per heavy atom. The number of carbonyl (C=O) groups excluding carboxylic acids is 1. The molecule has 8 heteroatoms. The van der Waals surface area contributed by atoms with Crippen molar-refractivity contribution in [3.8, 4) is 11.5 Å². The quantitative estimate of drug-likeness (QED) is 0.486. The van der Waals surface area contributed by atoms with Gasteiger partial charge in [-0.25, -0.2) is 4.52 Å². The van der Waals surface area contributed by atoms with Crippen molar-refractivity contribution < 1.29 is 14.3 Å². The van der Waals surface area contributed by atoms with Gasteiger partial charge in [0.15, 0.2) is 11.5 Å². The van der Waals surface area contributed by atoms with Gasteiger partial charge in [0.1, 0.15) is 23.4 Å². The Bertz CT molecular complexity index is 1370. The molecule has 1 amide bonds. The summed E-state index contributed by atoms with van der Waals surface area (Å²) in [5.74, 6) is 1.11. The predicted molar refractivity (Wildman–Crippen MR) is 116 cm³/mol. The average molecular weight is 418 g/mol. The molecule has 3 heterocycles. The van der Waals surface area contributed by atoms with Crippen LogP contribution in [0.5, 0.6) is 11.5 Å². The number of amides is 1. The molecule has 0 saturated carbocycles. The van der Waals surface area contributed by atoms with Crippen LogP contribution in [0.25, 0.3) is 16.6 Å². The second-order valence-corrected chi connectivity index (χ2v) is 8.18. The molecule has 5 rings (SSSR count). The first-order valence-corrected chi connectivity index (χ1v) is 10.1. The molecule has 1 aliphatic heterocycles. The van der Waals surface area contributed by atoms with Crippen LogP contribution in [0.15, 0.2) is 53.5 Å². The van der Waals surface area contributed by atoms with Gasteiger partial charge >= 0.3 is 0 Å². The minimum Gasteiger partial charge on any atom is -0.488 e. The third-order valence-corrected chi connectivity index (χ3v) is 5.32. The highest BCUT2D eigenvalue weighted by molar-refractivity contribution is 6.00. The first kappa shape index (κ1) is 19.2. The molecule has 2 aromatic carbocycles. The fourth-order valence-corrected chi connectivity index (χ4v) is 3.96.